The number of thioether (sulfide) groups is 1. The maximum Gasteiger partial charge on any atom is 0.253 e. The third kappa shape index (κ3) is 6.95. The number of rotatable bonds is 11. The van der Waals surface area contributed by atoms with Gasteiger partial charge in [-0.1, -0.05) is 73.6 Å². The number of benzene rings is 2. The van der Waals surface area contributed by atoms with Crippen LogP contribution in [0.4, 0.5) is 5.69 Å². The van der Waals surface area contributed by atoms with Crippen molar-refractivity contribution in [1.29, 1.82) is 0 Å². The second-order valence-corrected chi connectivity index (χ2v) is 9.43. The summed E-state index contributed by atoms with van der Waals surface area (Å²) in [6, 6.07) is 15.8. The molecule has 178 valence electrons. The van der Waals surface area contributed by atoms with Gasteiger partial charge in [0, 0.05) is 12.2 Å². The summed E-state index contributed by atoms with van der Waals surface area (Å²) in [7, 11) is 0. The Morgan fingerprint density at radius 3 is 2.50 bits per heavy atom. The number of carbonyl (C=O) groups excluding carboxylic acids is 2. The molecule has 0 radical (unpaired) electrons. The highest BCUT2D eigenvalue weighted by atomic mass is 35.5. The first-order valence-corrected chi connectivity index (χ1v) is 12.3. The van der Waals surface area contributed by atoms with Gasteiger partial charge in [-0.2, -0.15) is 0 Å². The van der Waals surface area contributed by atoms with Gasteiger partial charge in [0.15, 0.2) is 11.0 Å². The molecule has 2 aromatic carbocycles. The molecule has 1 heterocycles. The monoisotopic (exact) mass is 497 g/mol. The van der Waals surface area contributed by atoms with Crippen LogP contribution in [-0.4, -0.2) is 32.3 Å². The summed E-state index contributed by atoms with van der Waals surface area (Å²) in [6.45, 7) is 8.44. The van der Waals surface area contributed by atoms with Crippen LogP contribution in [0.25, 0.3) is 0 Å². The number of allylic oxidation sites excluding steroid dienone is 1. The smallest absolute Gasteiger partial charge is 0.253 e. The lowest BCUT2D eigenvalue weighted by atomic mass is 10.0. The number of carbonyl (C=O) groups is 2. The Morgan fingerprint density at radius 1 is 1.12 bits per heavy atom. The maximum absolute atomic E-state index is 13.0. The topological polar surface area (TPSA) is 88.9 Å². The molecule has 0 unspecified atom stereocenters. The number of para-hydroxylation sites is 1. The lowest BCUT2D eigenvalue weighted by Crippen LogP contribution is -2.32. The number of anilines is 1. The second kappa shape index (κ2) is 12.4. The lowest BCUT2D eigenvalue weighted by molar-refractivity contribution is -0.113. The molecule has 9 heteroatoms. The fourth-order valence-electron chi connectivity index (χ4n) is 3.40. The van der Waals surface area contributed by atoms with E-state index in [1.54, 1.807) is 30.3 Å². The van der Waals surface area contributed by atoms with Gasteiger partial charge >= 0.3 is 0 Å². The summed E-state index contributed by atoms with van der Waals surface area (Å²) in [5, 5.41) is 15.6. The molecule has 3 rings (SSSR count). The van der Waals surface area contributed by atoms with Gasteiger partial charge in [0.2, 0.25) is 5.91 Å². The standard InChI is InChI=1S/C25H28ClN5O2S/c1-4-14-31-23(21(15-17(2)3)28-24(33)19-12-8-9-13-20(19)26)29-30-25(31)34-16-22(32)27-18-10-6-5-7-11-18/h4-13,17,21H,1,14-16H2,2-3H3,(H,27,32)(H,28,33)/t21-/m0/s1. The van der Waals surface area contributed by atoms with Gasteiger partial charge in [-0.15, -0.1) is 16.8 Å². The van der Waals surface area contributed by atoms with Gasteiger partial charge in [-0.3, -0.25) is 9.59 Å². The largest absolute Gasteiger partial charge is 0.342 e. The van der Waals surface area contributed by atoms with Crippen molar-refractivity contribution in [1.82, 2.24) is 20.1 Å². The number of hydrogen-bond donors (Lipinski definition) is 2. The van der Waals surface area contributed by atoms with E-state index >= 15 is 0 Å². The van der Waals surface area contributed by atoms with Crippen molar-refractivity contribution < 1.29 is 9.59 Å². The maximum atomic E-state index is 13.0. The van der Waals surface area contributed by atoms with Crippen LogP contribution in [0.1, 0.15) is 42.5 Å². The van der Waals surface area contributed by atoms with Crippen LogP contribution in [0.3, 0.4) is 0 Å². The lowest BCUT2D eigenvalue weighted by Gasteiger charge is -2.21. The molecule has 0 bridgehead atoms. The van der Waals surface area contributed by atoms with E-state index in [0.717, 1.165) is 5.69 Å². The SMILES string of the molecule is C=CCn1c(SCC(=O)Nc2ccccc2)nnc1[C@H](CC(C)C)NC(=O)c1ccccc1Cl. The highest BCUT2D eigenvalue weighted by Crippen LogP contribution is 2.26. The Bertz CT molecular complexity index is 1130. The molecule has 0 spiro atoms. The molecule has 0 saturated heterocycles. The summed E-state index contributed by atoms with van der Waals surface area (Å²) < 4.78 is 1.88. The van der Waals surface area contributed by atoms with Crippen molar-refractivity contribution in [3.05, 3.63) is 83.7 Å². The fourth-order valence-corrected chi connectivity index (χ4v) is 4.37. The summed E-state index contributed by atoms with van der Waals surface area (Å²) in [4.78, 5) is 25.4. The predicted molar refractivity (Wildman–Crippen MR) is 137 cm³/mol. The summed E-state index contributed by atoms with van der Waals surface area (Å²) in [5.74, 6) is 0.654. The molecule has 2 amide bonds. The predicted octanol–water partition coefficient (Wildman–Crippen LogP) is 5.37. The number of aromatic nitrogens is 3. The Kier molecular flexibility index (Phi) is 9.30. The number of hydrogen-bond acceptors (Lipinski definition) is 5. The van der Waals surface area contributed by atoms with Gasteiger partial charge in [0.1, 0.15) is 0 Å². The zero-order chi connectivity index (χ0) is 24.5. The van der Waals surface area contributed by atoms with E-state index in [2.05, 4.69) is 41.3 Å². The van der Waals surface area contributed by atoms with E-state index in [1.807, 2.05) is 34.9 Å². The third-order valence-corrected chi connectivity index (χ3v) is 6.19. The minimum absolute atomic E-state index is 0.142. The van der Waals surface area contributed by atoms with Crippen molar-refractivity contribution in [2.75, 3.05) is 11.1 Å². The Labute approximate surface area is 209 Å². The van der Waals surface area contributed by atoms with Crippen LogP contribution >= 0.6 is 23.4 Å². The highest BCUT2D eigenvalue weighted by molar-refractivity contribution is 7.99. The first kappa shape index (κ1) is 25.5. The minimum Gasteiger partial charge on any atom is -0.342 e. The number of nitrogens with one attached hydrogen (secondary N) is 2. The minimum atomic E-state index is -0.385. The summed E-state index contributed by atoms with van der Waals surface area (Å²) in [5.41, 5.74) is 1.14. The molecule has 0 aliphatic rings. The molecule has 0 aliphatic heterocycles. The van der Waals surface area contributed by atoms with Crippen LogP contribution in [-0.2, 0) is 11.3 Å². The Hall–Kier alpha value is -3.10. The van der Waals surface area contributed by atoms with Crippen molar-refractivity contribution in [2.24, 2.45) is 5.92 Å². The van der Waals surface area contributed by atoms with Crippen LogP contribution in [0.15, 0.2) is 72.4 Å². The molecular weight excluding hydrogens is 470 g/mol. The third-order valence-electron chi connectivity index (χ3n) is 4.89. The van der Waals surface area contributed by atoms with E-state index in [1.165, 1.54) is 11.8 Å². The van der Waals surface area contributed by atoms with E-state index in [4.69, 9.17) is 11.6 Å². The van der Waals surface area contributed by atoms with Crippen molar-refractivity contribution in [2.45, 2.75) is 38.0 Å². The molecule has 34 heavy (non-hydrogen) atoms. The van der Waals surface area contributed by atoms with E-state index in [-0.39, 0.29) is 29.5 Å². The molecule has 7 nitrogen and oxygen atoms in total. The molecule has 1 atom stereocenters. The van der Waals surface area contributed by atoms with Gasteiger partial charge in [0.25, 0.3) is 5.91 Å². The molecule has 1 aromatic heterocycles. The van der Waals surface area contributed by atoms with Crippen molar-refractivity contribution in [3.8, 4) is 0 Å². The summed E-state index contributed by atoms with van der Waals surface area (Å²) in [6.07, 6.45) is 2.40. The fraction of sp³-hybridized carbons (Fsp3) is 0.280. The Morgan fingerprint density at radius 2 is 1.82 bits per heavy atom. The average Bonchev–Trinajstić information content (AvgIpc) is 3.20. The van der Waals surface area contributed by atoms with Gasteiger partial charge in [-0.25, -0.2) is 0 Å². The number of amides is 2. The van der Waals surface area contributed by atoms with Crippen LogP contribution in [0.5, 0.6) is 0 Å². The van der Waals surface area contributed by atoms with E-state index in [9.17, 15) is 9.59 Å². The quantitative estimate of drug-likeness (QED) is 0.275. The van der Waals surface area contributed by atoms with Crippen molar-refractivity contribution >= 4 is 40.9 Å². The second-order valence-electron chi connectivity index (χ2n) is 8.08. The zero-order valence-corrected chi connectivity index (χ0v) is 20.8. The van der Waals surface area contributed by atoms with E-state index < -0.39 is 0 Å². The molecule has 0 saturated carbocycles. The average molecular weight is 498 g/mol. The van der Waals surface area contributed by atoms with Gasteiger partial charge in [0.05, 0.1) is 22.4 Å². The highest BCUT2D eigenvalue weighted by Gasteiger charge is 2.25. The molecule has 0 aliphatic carbocycles. The van der Waals surface area contributed by atoms with Crippen LogP contribution < -0.4 is 10.6 Å². The first-order chi connectivity index (χ1) is 16.4. The van der Waals surface area contributed by atoms with Crippen molar-refractivity contribution in [3.63, 3.8) is 0 Å². The normalized spacial score (nSPS) is 11.8. The molecule has 0 fully saturated rings. The number of halogens is 1. The van der Waals surface area contributed by atoms with Gasteiger partial charge in [-0.05, 0) is 36.6 Å². The molecular formula is C25H28ClN5O2S. The van der Waals surface area contributed by atoms with Gasteiger partial charge < -0.3 is 15.2 Å². The van der Waals surface area contributed by atoms with Crippen LogP contribution in [0, 0.1) is 5.92 Å². The van der Waals surface area contributed by atoms with Crippen LogP contribution in [0.2, 0.25) is 5.02 Å². The first-order valence-electron chi connectivity index (χ1n) is 11.0. The summed E-state index contributed by atoms with van der Waals surface area (Å²) >= 11 is 7.50. The van der Waals surface area contributed by atoms with E-state index in [0.29, 0.717) is 34.5 Å². The molecule has 2 N–H and O–H groups in total. The zero-order valence-electron chi connectivity index (χ0n) is 19.2. The number of nitrogens with zero attached hydrogens (tertiary/aromatic N) is 3. The molecule has 3 aromatic rings. The Balaban J connectivity index is 1.78.